The molecule has 1 saturated carbocycles. The number of carbonyl (C=O) groups is 1. The first kappa shape index (κ1) is 13.5. The molecule has 2 aliphatic rings. The van der Waals surface area contributed by atoms with Gasteiger partial charge in [0.15, 0.2) is 0 Å². The van der Waals surface area contributed by atoms with E-state index in [4.69, 9.17) is 0 Å². The fourth-order valence-corrected chi connectivity index (χ4v) is 3.08. The molecule has 4 heteroatoms. The van der Waals surface area contributed by atoms with Crippen LogP contribution in [0.3, 0.4) is 0 Å². The zero-order valence-corrected chi connectivity index (χ0v) is 11.6. The first-order valence-electron chi connectivity index (χ1n) is 7.25. The summed E-state index contributed by atoms with van der Waals surface area (Å²) in [6, 6.07) is 0.657. The summed E-state index contributed by atoms with van der Waals surface area (Å²) in [6.45, 7) is 3.31. The number of hydrogen-bond acceptors (Lipinski definition) is 3. The third-order valence-corrected chi connectivity index (χ3v) is 4.31. The molecular weight excluding hydrogens is 226 g/mol. The Morgan fingerprint density at radius 1 is 1.50 bits per heavy atom. The van der Waals surface area contributed by atoms with E-state index in [9.17, 15) is 4.79 Å². The molecule has 0 bridgehead atoms. The summed E-state index contributed by atoms with van der Waals surface area (Å²) < 4.78 is 0. The number of hydrogen-bond donors (Lipinski definition) is 1. The summed E-state index contributed by atoms with van der Waals surface area (Å²) in [5.41, 5.74) is 3.89. The van der Waals surface area contributed by atoms with Crippen LogP contribution in [0.4, 0.5) is 0 Å². The molecule has 1 saturated heterocycles. The van der Waals surface area contributed by atoms with Gasteiger partial charge in [-0.2, -0.15) is 5.10 Å². The zero-order valence-electron chi connectivity index (χ0n) is 11.6. The molecule has 2 unspecified atom stereocenters. The molecular formula is C14H25N3O. The smallest absolute Gasteiger partial charge is 0.240 e. The van der Waals surface area contributed by atoms with Crippen molar-refractivity contribution in [2.45, 2.75) is 57.9 Å². The molecule has 1 N–H and O–H groups in total. The van der Waals surface area contributed by atoms with Gasteiger partial charge in [0.1, 0.15) is 0 Å². The number of hydrazone groups is 1. The van der Waals surface area contributed by atoms with Crippen LogP contribution < -0.4 is 5.43 Å². The minimum Gasteiger partial charge on any atom is -0.303 e. The van der Waals surface area contributed by atoms with Gasteiger partial charge in [0, 0.05) is 24.6 Å². The number of rotatable bonds is 4. The minimum absolute atomic E-state index is 0.0613. The van der Waals surface area contributed by atoms with E-state index in [1.807, 2.05) is 0 Å². The summed E-state index contributed by atoms with van der Waals surface area (Å²) in [5, 5.41) is 4.32. The molecule has 1 aliphatic carbocycles. The number of unbranched alkanes of at least 4 members (excludes halogenated alkanes) is 1. The second-order valence-corrected chi connectivity index (χ2v) is 5.66. The Hall–Kier alpha value is -0.900. The van der Waals surface area contributed by atoms with Crippen molar-refractivity contribution in [1.29, 1.82) is 0 Å². The fraction of sp³-hybridized carbons (Fsp3) is 0.857. The monoisotopic (exact) mass is 251 g/mol. The molecule has 2 rings (SSSR count). The molecule has 1 amide bonds. The Labute approximate surface area is 110 Å². The second kappa shape index (κ2) is 6.32. The van der Waals surface area contributed by atoms with E-state index >= 15 is 0 Å². The largest absolute Gasteiger partial charge is 0.303 e. The predicted octanol–water partition coefficient (Wildman–Crippen LogP) is 2.15. The lowest BCUT2D eigenvalue weighted by atomic mass is 9.84. The van der Waals surface area contributed by atoms with Gasteiger partial charge in [0.25, 0.3) is 0 Å². The molecule has 0 aromatic rings. The maximum Gasteiger partial charge on any atom is 0.240 e. The SMILES string of the molecule is CCCCC(=O)N/N=C1/CCC2CCN(C)C2C1. The maximum atomic E-state index is 11.5. The first-order chi connectivity index (χ1) is 8.70. The molecule has 0 aromatic heterocycles. The van der Waals surface area contributed by atoms with E-state index in [0.29, 0.717) is 12.5 Å². The van der Waals surface area contributed by atoms with E-state index < -0.39 is 0 Å². The molecule has 1 heterocycles. The van der Waals surface area contributed by atoms with Gasteiger partial charge in [0.2, 0.25) is 5.91 Å². The summed E-state index contributed by atoms with van der Waals surface area (Å²) in [7, 11) is 2.20. The van der Waals surface area contributed by atoms with Crippen LogP contribution in [-0.2, 0) is 4.79 Å². The number of nitrogens with zero attached hydrogens (tertiary/aromatic N) is 2. The predicted molar refractivity (Wildman–Crippen MR) is 73.5 cm³/mol. The third-order valence-electron chi connectivity index (χ3n) is 4.31. The van der Waals surface area contributed by atoms with Crippen LogP contribution in [0.15, 0.2) is 5.10 Å². The molecule has 1 aliphatic heterocycles. The highest BCUT2D eigenvalue weighted by Crippen LogP contribution is 2.33. The maximum absolute atomic E-state index is 11.5. The average molecular weight is 251 g/mol. The molecule has 2 fully saturated rings. The molecule has 2 atom stereocenters. The normalized spacial score (nSPS) is 30.4. The summed E-state index contributed by atoms with van der Waals surface area (Å²) >= 11 is 0. The second-order valence-electron chi connectivity index (χ2n) is 5.66. The van der Waals surface area contributed by atoms with E-state index in [1.165, 1.54) is 25.1 Å². The van der Waals surface area contributed by atoms with Crippen molar-refractivity contribution in [3.05, 3.63) is 0 Å². The standard InChI is InChI=1S/C14H25N3O/c1-3-4-5-14(18)16-15-12-7-6-11-8-9-17(2)13(11)10-12/h11,13H,3-10H2,1-2H3,(H,16,18)/b15-12-. The number of amides is 1. The highest BCUT2D eigenvalue weighted by atomic mass is 16.2. The summed E-state index contributed by atoms with van der Waals surface area (Å²) in [5.74, 6) is 0.913. The lowest BCUT2D eigenvalue weighted by Crippen LogP contribution is -2.36. The molecule has 18 heavy (non-hydrogen) atoms. The Morgan fingerprint density at radius 2 is 2.33 bits per heavy atom. The van der Waals surface area contributed by atoms with Crippen LogP contribution in [0.5, 0.6) is 0 Å². The first-order valence-corrected chi connectivity index (χ1v) is 7.25. The van der Waals surface area contributed by atoms with Crippen molar-refractivity contribution >= 4 is 11.6 Å². The lowest BCUT2D eigenvalue weighted by molar-refractivity contribution is -0.121. The Kier molecular flexibility index (Phi) is 4.75. The van der Waals surface area contributed by atoms with Crippen LogP contribution >= 0.6 is 0 Å². The Balaban J connectivity index is 1.81. The Morgan fingerprint density at radius 3 is 3.11 bits per heavy atom. The van der Waals surface area contributed by atoms with Gasteiger partial charge in [0.05, 0.1) is 0 Å². The van der Waals surface area contributed by atoms with Gasteiger partial charge in [-0.15, -0.1) is 0 Å². The molecule has 102 valence electrons. The van der Waals surface area contributed by atoms with Crippen molar-refractivity contribution in [2.24, 2.45) is 11.0 Å². The highest BCUT2D eigenvalue weighted by molar-refractivity contribution is 5.87. The minimum atomic E-state index is 0.0613. The summed E-state index contributed by atoms with van der Waals surface area (Å²) in [6.07, 6.45) is 7.26. The molecule has 4 nitrogen and oxygen atoms in total. The van der Waals surface area contributed by atoms with E-state index in [1.54, 1.807) is 0 Å². The van der Waals surface area contributed by atoms with Crippen LogP contribution in [0.1, 0.15) is 51.9 Å². The van der Waals surface area contributed by atoms with Crippen molar-refractivity contribution in [3.8, 4) is 0 Å². The van der Waals surface area contributed by atoms with Crippen LogP contribution in [0.25, 0.3) is 0 Å². The van der Waals surface area contributed by atoms with Crippen LogP contribution in [-0.4, -0.2) is 36.2 Å². The van der Waals surface area contributed by atoms with Gasteiger partial charge < -0.3 is 4.90 Å². The van der Waals surface area contributed by atoms with Crippen LogP contribution in [0, 0.1) is 5.92 Å². The highest BCUT2D eigenvalue weighted by Gasteiger charge is 2.35. The van der Waals surface area contributed by atoms with Crippen molar-refractivity contribution in [1.82, 2.24) is 10.3 Å². The number of nitrogens with one attached hydrogen (secondary N) is 1. The van der Waals surface area contributed by atoms with Crippen molar-refractivity contribution < 1.29 is 4.79 Å². The van der Waals surface area contributed by atoms with Crippen LogP contribution in [0.2, 0.25) is 0 Å². The molecule has 0 aromatic carbocycles. The lowest BCUT2D eigenvalue weighted by Gasteiger charge is -2.30. The fourth-order valence-electron chi connectivity index (χ4n) is 3.08. The van der Waals surface area contributed by atoms with Gasteiger partial charge >= 0.3 is 0 Å². The van der Waals surface area contributed by atoms with Gasteiger partial charge in [-0.05, 0) is 45.2 Å². The van der Waals surface area contributed by atoms with E-state index in [2.05, 4.69) is 29.4 Å². The van der Waals surface area contributed by atoms with E-state index in [0.717, 1.165) is 31.6 Å². The third kappa shape index (κ3) is 3.31. The molecule has 0 radical (unpaired) electrons. The molecule has 0 spiro atoms. The number of carbonyl (C=O) groups excluding carboxylic acids is 1. The van der Waals surface area contributed by atoms with Gasteiger partial charge in [-0.3, -0.25) is 4.79 Å². The average Bonchev–Trinajstić information content (AvgIpc) is 2.75. The topological polar surface area (TPSA) is 44.7 Å². The Bertz CT molecular complexity index is 327. The van der Waals surface area contributed by atoms with Crippen molar-refractivity contribution in [2.75, 3.05) is 13.6 Å². The summed E-state index contributed by atoms with van der Waals surface area (Å²) in [4.78, 5) is 14.0. The number of likely N-dealkylation sites (tertiary alicyclic amines) is 1. The quantitative estimate of drug-likeness (QED) is 0.778. The number of fused-ring (bicyclic) bond motifs is 1. The van der Waals surface area contributed by atoms with Gasteiger partial charge in [-0.25, -0.2) is 5.43 Å². The van der Waals surface area contributed by atoms with E-state index in [-0.39, 0.29) is 5.91 Å². The zero-order chi connectivity index (χ0) is 13.0. The van der Waals surface area contributed by atoms with Gasteiger partial charge in [-0.1, -0.05) is 13.3 Å². The van der Waals surface area contributed by atoms with Crippen molar-refractivity contribution in [3.63, 3.8) is 0 Å².